The van der Waals surface area contributed by atoms with Crippen molar-refractivity contribution < 1.29 is 9.84 Å². The summed E-state index contributed by atoms with van der Waals surface area (Å²) < 4.78 is 7.02. The second-order valence-electron chi connectivity index (χ2n) is 3.90. The highest BCUT2D eigenvalue weighted by molar-refractivity contribution is 4.95. The highest BCUT2D eigenvalue weighted by atomic mass is 16.5. The van der Waals surface area contributed by atoms with Crippen LogP contribution < -0.4 is 5.32 Å². The van der Waals surface area contributed by atoms with E-state index in [9.17, 15) is 5.11 Å². The normalized spacial score (nSPS) is 28.2. The number of aromatic nitrogens is 3. The van der Waals surface area contributed by atoms with Gasteiger partial charge in [-0.2, -0.15) is 0 Å². The van der Waals surface area contributed by atoms with Gasteiger partial charge in [-0.05, 0) is 6.92 Å². The summed E-state index contributed by atoms with van der Waals surface area (Å²) >= 11 is 0. The SMILES string of the molecule is CC(NC1COCC1O)c1nncn1C. The van der Waals surface area contributed by atoms with Crippen molar-refractivity contribution in [2.75, 3.05) is 13.2 Å². The van der Waals surface area contributed by atoms with E-state index < -0.39 is 6.10 Å². The summed E-state index contributed by atoms with van der Waals surface area (Å²) in [6.07, 6.45) is 1.23. The van der Waals surface area contributed by atoms with Crippen LogP contribution in [0.15, 0.2) is 6.33 Å². The Morgan fingerprint density at radius 2 is 2.47 bits per heavy atom. The zero-order valence-electron chi connectivity index (χ0n) is 8.92. The molecule has 0 aliphatic carbocycles. The first kappa shape index (κ1) is 10.5. The number of ether oxygens (including phenoxy) is 1. The maximum absolute atomic E-state index is 9.57. The summed E-state index contributed by atoms with van der Waals surface area (Å²) in [7, 11) is 1.90. The second-order valence-corrected chi connectivity index (χ2v) is 3.90. The molecule has 1 aliphatic heterocycles. The molecule has 6 heteroatoms. The van der Waals surface area contributed by atoms with Crippen molar-refractivity contribution in [3.05, 3.63) is 12.2 Å². The average molecular weight is 212 g/mol. The van der Waals surface area contributed by atoms with Crippen LogP contribution in [0.5, 0.6) is 0 Å². The van der Waals surface area contributed by atoms with Crippen molar-refractivity contribution in [1.82, 2.24) is 20.1 Å². The molecule has 2 heterocycles. The molecule has 0 radical (unpaired) electrons. The Bertz CT molecular complexity index is 328. The zero-order chi connectivity index (χ0) is 10.8. The Balaban J connectivity index is 1.97. The van der Waals surface area contributed by atoms with Crippen molar-refractivity contribution in [2.24, 2.45) is 7.05 Å². The van der Waals surface area contributed by atoms with Gasteiger partial charge < -0.3 is 19.7 Å². The molecular formula is C9H16N4O2. The van der Waals surface area contributed by atoms with E-state index in [1.54, 1.807) is 6.33 Å². The molecule has 1 aromatic heterocycles. The third-order valence-corrected chi connectivity index (χ3v) is 2.65. The molecule has 1 saturated heterocycles. The number of hydrogen-bond acceptors (Lipinski definition) is 5. The van der Waals surface area contributed by atoms with Gasteiger partial charge in [0.15, 0.2) is 0 Å². The van der Waals surface area contributed by atoms with Gasteiger partial charge in [0.05, 0.1) is 31.4 Å². The molecule has 0 saturated carbocycles. The number of aliphatic hydroxyl groups excluding tert-OH is 1. The van der Waals surface area contributed by atoms with E-state index >= 15 is 0 Å². The van der Waals surface area contributed by atoms with Crippen LogP contribution in [0.2, 0.25) is 0 Å². The van der Waals surface area contributed by atoms with E-state index in [4.69, 9.17) is 4.74 Å². The van der Waals surface area contributed by atoms with Crippen LogP contribution in [0.3, 0.4) is 0 Å². The summed E-state index contributed by atoms with van der Waals surface area (Å²) in [5.41, 5.74) is 0. The quantitative estimate of drug-likeness (QED) is 0.688. The Kier molecular flexibility index (Phi) is 2.99. The molecule has 0 bridgehead atoms. The van der Waals surface area contributed by atoms with Crippen LogP contribution in [0, 0.1) is 0 Å². The van der Waals surface area contributed by atoms with Crippen LogP contribution in [0.25, 0.3) is 0 Å². The van der Waals surface area contributed by atoms with E-state index in [0.29, 0.717) is 13.2 Å². The molecule has 0 spiro atoms. The molecule has 0 amide bonds. The minimum atomic E-state index is -0.430. The number of rotatable bonds is 3. The third kappa shape index (κ3) is 2.17. The maximum Gasteiger partial charge on any atom is 0.149 e. The maximum atomic E-state index is 9.57. The molecule has 2 rings (SSSR count). The van der Waals surface area contributed by atoms with Crippen molar-refractivity contribution >= 4 is 0 Å². The van der Waals surface area contributed by atoms with Gasteiger partial charge in [-0.25, -0.2) is 0 Å². The molecule has 3 atom stereocenters. The largest absolute Gasteiger partial charge is 0.389 e. The van der Waals surface area contributed by atoms with Gasteiger partial charge >= 0.3 is 0 Å². The fourth-order valence-corrected chi connectivity index (χ4v) is 1.78. The van der Waals surface area contributed by atoms with E-state index in [2.05, 4.69) is 15.5 Å². The molecule has 15 heavy (non-hydrogen) atoms. The van der Waals surface area contributed by atoms with Crippen molar-refractivity contribution in [3.8, 4) is 0 Å². The predicted molar refractivity (Wildman–Crippen MR) is 53.2 cm³/mol. The Morgan fingerprint density at radius 1 is 1.67 bits per heavy atom. The van der Waals surface area contributed by atoms with Crippen LogP contribution in [-0.2, 0) is 11.8 Å². The highest BCUT2D eigenvalue weighted by Gasteiger charge is 2.28. The summed E-state index contributed by atoms with van der Waals surface area (Å²) in [6.45, 7) is 2.95. The van der Waals surface area contributed by atoms with Crippen molar-refractivity contribution in [3.63, 3.8) is 0 Å². The Labute approximate surface area is 88.3 Å². The number of nitrogens with zero attached hydrogens (tertiary/aromatic N) is 3. The summed E-state index contributed by atoms with van der Waals surface area (Å²) in [5, 5.41) is 20.7. The van der Waals surface area contributed by atoms with Gasteiger partial charge in [0.1, 0.15) is 12.2 Å². The molecule has 1 aliphatic rings. The van der Waals surface area contributed by atoms with Crippen LogP contribution in [-0.4, -0.2) is 45.2 Å². The molecular weight excluding hydrogens is 196 g/mol. The summed E-state index contributed by atoms with van der Waals surface area (Å²) in [6, 6.07) is 0.0375. The third-order valence-electron chi connectivity index (χ3n) is 2.65. The molecule has 3 unspecified atom stereocenters. The molecule has 6 nitrogen and oxygen atoms in total. The van der Waals surface area contributed by atoms with Gasteiger partial charge in [0.25, 0.3) is 0 Å². The molecule has 2 N–H and O–H groups in total. The van der Waals surface area contributed by atoms with E-state index in [1.165, 1.54) is 0 Å². The minimum Gasteiger partial charge on any atom is -0.389 e. The van der Waals surface area contributed by atoms with E-state index in [0.717, 1.165) is 5.82 Å². The lowest BCUT2D eigenvalue weighted by Crippen LogP contribution is -2.40. The van der Waals surface area contributed by atoms with Gasteiger partial charge in [0.2, 0.25) is 0 Å². The fourth-order valence-electron chi connectivity index (χ4n) is 1.78. The van der Waals surface area contributed by atoms with Crippen molar-refractivity contribution in [1.29, 1.82) is 0 Å². The summed E-state index contributed by atoms with van der Waals surface area (Å²) in [5.74, 6) is 0.856. The molecule has 1 aromatic rings. The number of aryl methyl sites for hydroxylation is 1. The number of aliphatic hydroxyl groups is 1. The highest BCUT2D eigenvalue weighted by Crippen LogP contribution is 2.13. The van der Waals surface area contributed by atoms with E-state index in [1.807, 2.05) is 18.5 Å². The van der Waals surface area contributed by atoms with Crippen LogP contribution in [0.1, 0.15) is 18.8 Å². The average Bonchev–Trinajstić information content (AvgIpc) is 2.76. The lowest BCUT2D eigenvalue weighted by molar-refractivity contribution is 0.121. The fraction of sp³-hybridized carbons (Fsp3) is 0.778. The topological polar surface area (TPSA) is 72.2 Å². The Morgan fingerprint density at radius 3 is 3.00 bits per heavy atom. The standard InChI is InChI=1S/C9H16N4O2/c1-6(9-12-10-5-13(9)2)11-7-3-15-4-8(7)14/h5-8,11,14H,3-4H2,1-2H3. The molecule has 1 fully saturated rings. The van der Waals surface area contributed by atoms with Crippen LogP contribution >= 0.6 is 0 Å². The van der Waals surface area contributed by atoms with Crippen LogP contribution in [0.4, 0.5) is 0 Å². The lowest BCUT2D eigenvalue weighted by Gasteiger charge is -2.19. The first-order chi connectivity index (χ1) is 7.18. The van der Waals surface area contributed by atoms with Gasteiger partial charge in [-0.15, -0.1) is 10.2 Å². The second kappa shape index (κ2) is 4.26. The first-order valence-corrected chi connectivity index (χ1v) is 5.04. The Hall–Kier alpha value is -0.980. The summed E-state index contributed by atoms with van der Waals surface area (Å²) in [4.78, 5) is 0. The predicted octanol–water partition coefficient (Wildman–Crippen LogP) is -0.775. The van der Waals surface area contributed by atoms with Gasteiger partial charge in [-0.1, -0.05) is 0 Å². The number of nitrogens with one attached hydrogen (secondary N) is 1. The lowest BCUT2D eigenvalue weighted by atomic mass is 10.2. The van der Waals surface area contributed by atoms with Crippen molar-refractivity contribution in [2.45, 2.75) is 25.1 Å². The number of hydrogen-bond donors (Lipinski definition) is 2. The van der Waals surface area contributed by atoms with E-state index in [-0.39, 0.29) is 12.1 Å². The minimum absolute atomic E-state index is 0.0169. The first-order valence-electron chi connectivity index (χ1n) is 5.04. The van der Waals surface area contributed by atoms with Gasteiger partial charge in [-0.3, -0.25) is 0 Å². The molecule has 0 aromatic carbocycles. The molecule has 84 valence electrons. The smallest absolute Gasteiger partial charge is 0.149 e. The van der Waals surface area contributed by atoms with Gasteiger partial charge in [0, 0.05) is 7.05 Å². The monoisotopic (exact) mass is 212 g/mol. The zero-order valence-corrected chi connectivity index (χ0v) is 8.92.